The van der Waals surface area contributed by atoms with Gasteiger partial charge in [-0.15, -0.1) is 0 Å². The number of anilines is 2. The van der Waals surface area contributed by atoms with Crippen molar-refractivity contribution in [1.29, 1.82) is 0 Å². The SMILES string of the molecule is CCCC(Nc1ccc(C2CCN(CC3CCN(CC4CCN(c5ccc6c(c5)C(=O)N(C(CSC)c5ccc(OC)c(OCC)c5)C6=O)CC4)CC3)CC2)cc1)C(=O)NC=O. The molecule has 4 heterocycles. The zero-order chi connectivity index (χ0) is 43.6. The fraction of sp³-hybridized carbons (Fsp3) is 0.551. The van der Waals surface area contributed by atoms with Crippen molar-refractivity contribution >= 4 is 47.3 Å². The van der Waals surface area contributed by atoms with Crippen LogP contribution in [0.1, 0.15) is 109 Å². The fourth-order valence-electron chi connectivity index (χ4n) is 10.0. The van der Waals surface area contributed by atoms with E-state index in [4.69, 9.17) is 9.47 Å². The van der Waals surface area contributed by atoms with Crippen LogP contribution in [0.3, 0.4) is 0 Å². The summed E-state index contributed by atoms with van der Waals surface area (Å²) in [5, 5.41) is 5.58. The Hall–Kier alpha value is -4.59. The maximum Gasteiger partial charge on any atom is 0.262 e. The Morgan fingerprint density at radius 1 is 0.806 bits per heavy atom. The van der Waals surface area contributed by atoms with Gasteiger partial charge in [0.2, 0.25) is 12.3 Å². The number of piperidine rings is 3. The number of carbonyl (C=O) groups excluding carboxylic acids is 4. The quantitative estimate of drug-likeness (QED) is 0.0923. The third-order valence-corrected chi connectivity index (χ3v) is 14.2. The van der Waals surface area contributed by atoms with E-state index in [-0.39, 0.29) is 17.7 Å². The second-order valence-corrected chi connectivity index (χ2v) is 18.4. The number of benzene rings is 3. The Labute approximate surface area is 372 Å². The number of ether oxygens (including phenoxy) is 2. The molecule has 334 valence electrons. The van der Waals surface area contributed by atoms with Gasteiger partial charge < -0.3 is 29.5 Å². The molecule has 3 fully saturated rings. The molecule has 0 saturated carbocycles. The molecule has 3 saturated heterocycles. The average molecular weight is 867 g/mol. The molecule has 0 spiro atoms. The van der Waals surface area contributed by atoms with E-state index in [0.29, 0.717) is 59.7 Å². The molecule has 4 amide bonds. The van der Waals surface area contributed by atoms with E-state index in [2.05, 4.69) is 49.6 Å². The van der Waals surface area contributed by atoms with Gasteiger partial charge in [0, 0.05) is 43.3 Å². The lowest BCUT2D eigenvalue weighted by Crippen LogP contribution is -2.44. The average Bonchev–Trinajstić information content (AvgIpc) is 3.54. The first kappa shape index (κ1) is 45.4. The minimum Gasteiger partial charge on any atom is -0.493 e. The molecule has 7 rings (SSSR count). The maximum absolute atomic E-state index is 14.0. The van der Waals surface area contributed by atoms with Gasteiger partial charge in [0.1, 0.15) is 6.04 Å². The highest BCUT2D eigenvalue weighted by molar-refractivity contribution is 7.98. The molecule has 13 heteroatoms. The summed E-state index contributed by atoms with van der Waals surface area (Å²) in [5.74, 6) is 3.02. The molecular weight excluding hydrogens is 801 g/mol. The van der Waals surface area contributed by atoms with Crippen molar-refractivity contribution in [3.63, 3.8) is 0 Å². The van der Waals surface area contributed by atoms with Gasteiger partial charge in [-0.25, -0.2) is 0 Å². The summed E-state index contributed by atoms with van der Waals surface area (Å²) >= 11 is 1.61. The lowest BCUT2D eigenvalue weighted by atomic mass is 9.88. The van der Waals surface area contributed by atoms with Gasteiger partial charge in [-0.2, -0.15) is 11.8 Å². The molecule has 0 aliphatic carbocycles. The molecule has 2 atom stereocenters. The first-order chi connectivity index (χ1) is 30.2. The second-order valence-electron chi connectivity index (χ2n) is 17.5. The highest BCUT2D eigenvalue weighted by atomic mass is 32.2. The van der Waals surface area contributed by atoms with E-state index in [0.717, 1.165) is 74.8 Å². The van der Waals surface area contributed by atoms with Crippen LogP contribution in [-0.4, -0.2) is 123 Å². The smallest absolute Gasteiger partial charge is 0.262 e. The molecule has 12 nitrogen and oxygen atoms in total. The lowest BCUT2D eigenvalue weighted by molar-refractivity contribution is -0.125. The van der Waals surface area contributed by atoms with Crippen LogP contribution in [0.25, 0.3) is 0 Å². The van der Waals surface area contributed by atoms with Crippen LogP contribution in [0.4, 0.5) is 11.4 Å². The summed E-state index contributed by atoms with van der Waals surface area (Å²) in [6, 6.07) is 19.2. The van der Waals surface area contributed by atoms with Gasteiger partial charge in [-0.3, -0.25) is 29.4 Å². The maximum atomic E-state index is 14.0. The number of imide groups is 2. The van der Waals surface area contributed by atoms with E-state index < -0.39 is 12.1 Å². The number of nitrogens with one attached hydrogen (secondary N) is 2. The Morgan fingerprint density at radius 3 is 2.06 bits per heavy atom. The Bertz CT molecular complexity index is 1990. The molecule has 3 aromatic rings. The van der Waals surface area contributed by atoms with Crippen molar-refractivity contribution in [2.75, 3.05) is 88.3 Å². The van der Waals surface area contributed by atoms with Crippen molar-refractivity contribution in [2.24, 2.45) is 11.8 Å². The number of hydrogen-bond acceptors (Lipinski definition) is 11. The topological polar surface area (TPSA) is 124 Å². The third-order valence-electron chi connectivity index (χ3n) is 13.5. The van der Waals surface area contributed by atoms with Gasteiger partial charge >= 0.3 is 0 Å². The summed E-state index contributed by atoms with van der Waals surface area (Å²) in [4.78, 5) is 60.1. The van der Waals surface area contributed by atoms with E-state index >= 15 is 0 Å². The molecule has 2 unspecified atom stereocenters. The minimum absolute atomic E-state index is 0.235. The molecule has 0 bridgehead atoms. The number of nitrogens with zero attached hydrogens (tertiary/aromatic N) is 4. The standard InChI is InChI=1S/C49H66N6O6S/c1-5-7-43(47(57)50-33-56)51-39-11-8-36(9-12-39)37-20-24-53(25-21-37)30-34-16-22-52(23-17-34)31-35-18-26-54(27-19-35)40-13-14-41-42(29-40)49(59)55(48(41)58)44(32-62-4)38-10-15-45(60-3)46(28-38)61-6-2/h8-15,28-29,33-35,37,43-44,51H,5-7,16-27,30-32H2,1-4H3,(H,50,56,57). The highest BCUT2D eigenvalue weighted by Crippen LogP contribution is 2.39. The molecule has 62 heavy (non-hydrogen) atoms. The Morgan fingerprint density at radius 2 is 1.45 bits per heavy atom. The minimum atomic E-state index is -0.427. The van der Waals surface area contributed by atoms with Crippen molar-refractivity contribution in [1.82, 2.24) is 20.0 Å². The van der Waals surface area contributed by atoms with Gasteiger partial charge in [0.05, 0.1) is 30.9 Å². The van der Waals surface area contributed by atoms with Crippen LogP contribution in [0.2, 0.25) is 0 Å². The van der Waals surface area contributed by atoms with E-state index in [1.165, 1.54) is 55.8 Å². The van der Waals surface area contributed by atoms with Crippen LogP contribution < -0.4 is 25.0 Å². The number of amides is 4. The lowest BCUT2D eigenvalue weighted by Gasteiger charge is -2.40. The van der Waals surface area contributed by atoms with Gasteiger partial charge in [0.25, 0.3) is 11.8 Å². The summed E-state index contributed by atoms with van der Waals surface area (Å²) in [6.07, 6.45) is 11.1. The number of thioether (sulfide) groups is 1. The van der Waals surface area contributed by atoms with Crippen molar-refractivity contribution < 1.29 is 28.7 Å². The van der Waals surface area contributed by atoms with Gasteiger partial charge in [-0.05, 0) is 156 Å². The molecule has 4 aliphatic rings. The monoisotopic (exact) mass is 866 g/mol. The normalized spacial score (nSPS) is 19.3. The zero-order valence-corrected chi connectivity index (χ0v) is 37.9. The first-order valence-corrected chi connectivity index (χ1v) is 24.2. The van der Waals surface area contributed by atoms with Crippen molar-refractivity contribution in [2.45, 2.75) is 83.2 Å². The summed E-state index contributed by atoms with van der Waals surface area (Å²) < 4.78 is 11.3. The van der Waals surface area contributed by atoms with E-state index in [1.54, 1.807) is 18.9 Å². The summed E-state index contributed by atoms with van der Waals surface area (Å²) in [6.45, 7) is 13.3. The zero-order valence-electron chi connectivity index (χ0n) is 37.1. The highest BCUT2D eigenvalue weighted by Gasteiger charge is 2.41. The van der Waals surface area contributed by atoms with Crippen molar-refractivity contribution in [3.8, 4) is 11.5 Å². The fourth-order valence-corrected chi connectivity index (χ4v) is 10.7. The van der Waals surface area contributed by atoms with Crippen LogP contribution in [-0.2, 0) is 9.59 Å². The van der Waals surface area contributed by atoms with E-state index in [1.807, 2.05) is 56.5 Å². The molecule has 2 N–H and O–H groups in total. The Kier molecular flexibility index (Phi) is 15.9. The first-order valence-electron chi connectivity index (χ1n) is 22.8. The van der Waals surface area contributed by atoms with Gasteiger partial charge in [-0.1, -0.05) is 31.5 Å². The molecule has 3 aromatic carbocycles. The third kappa shape index (κ3) is 10.8. The second kappa shape index (κ2) is 21.7. The number of hydrogen-bond donors (Lipinski definition) is 2. The molecule has 0 aromatic heterocycles. The Balaban J connectivity index is 0.837. The number of rotatable bonds is 19. The van der Waals surface area contributed by atoms with Crippen LogP contribution in [0.15, 0.2) is 60.7 Å². The predicted octanol–water partition coefficient (Wildman–Crippen LogP) is 7.46. The number of fused-ring (bicyclic) bond motifs is 1. The van der Waals surface area contributed by atoms with Gasteiger partial charge in [0.15, 0.2) is 11.5 Å². The van der Waals surface area contributed by atoms with Crippen LogP contribution in [0.5, 0.6) is 11.5 Å². The van der Waals surface area contributed by atoms with Crippen molar-refractivity contribution in [3.05, 3.63) is 82.9 Å². The number of methoxy groups -OCH3 is 1. The van der Waals surface area contributed by atoms with Crippen LogP contribution >= 0.6 is 11.8 Å². The van der Waals surface area contributed by atoms with Crippen LogP contribution in [0, 0.1) is 11.8 Å². The largest absolute Gasteiger partial charge is 0.493 e. The number of carbonyl (C=O) groups is 4. The molecule has 4 aliphatic heterocycles. The van der Waals surface area contributed by atoms with E-state index in [9.17, 15) is 19.2 Å². The summed E-state index contributed by atoms with van der Waals surface area (Å²) in [5.41, 5.74) is 5.11. The molecular formula is C49H66N6O6S. The summed E-state index contributed by atoms with van der Waals surface area (Å²) in [7, 11) is 1.61. The predicted molar refractivity (Wildman–Crippen MR) is 248 cm³/mol. The molecule has 0 radical (unpaired) electrons. The number of likely N-dealkylation sites (tertiary alicyclic amines) is 2.